The van der Waals surface area contributed by atoms with Crippen molar-refractivity contribution in [2.24, 2.45) is 5.92 Å². The molecule has 0 unspecified atom stereocenters. The lowest BCUT2D eigenvalue weighted by Gasteiger charge is -2.18. The molecule has 0 saturated carbocycles. The van der Waals surface area contributed by atoms with Gasteiger partial charge < -0.3 is 25.8 Å². The van der Waals surface area contributed by atoms with Gasteiger partial charge in [0.15, 0.2) is 11.6 Å². The normalized spacial score (nSPS) is 17.8. The van der Waals surface area contributed by atoms with Crippen LogP contribution in [0.5, 0.6) is 5.88 Å². The van der Waals surface area contributed by atoms with E-state index >= 15 is 4.39 Å². The zero-order chi connectivity index (χ0) is 33.8. The average molecular weight is 694 g/mol. The van der Waals surface area contributed by atoms with Gasteiger partial charge in [-0.15, -0.1) is 0 Å². The summed E-state index contributed by atoms with van der Waals surface area (Å²) in [5.74, 6) is -1.25. The number of benzene rings is 2. The van der Waals surface area contributed by atoms with E-state index in [0.29, 0.717) is 88.6 Å². The van der Waals surface area contributed by atoms with Crippen molar-refractivity contribution in [3.63, 3.8) is 0 Å². The lowest BCUT2D eigenvalue weighted by atomic mass is 10.00. The monoisotopic (exact) mass is 692 g/mol. The van der Waals surface area contributed by atoms with E-state index in [4.69, 9.17) is 32.9 Å². The molecule has 0 aliphatic carbocycles. The largest absolute Gasteiger partial charge is 0.481 e. The number of hydrogen-bond donors (Lipinski definition) is 4. The van der Waals surface area contributed by atoms with Crippen LogP contribution in [0.25, 0.3) is 22.4 Å². The molecule has 2 aromatic heterocycles. The Hall–Kier alpha value is -4.29. The van der Waals surface area contributed by atoms with E-state index in [1.807, 2.05) is 41.3 Å². The molecular formula is C35H35Cl2FN6O4. The molecule has 1 amide bonds. The molecule has 250 valence electrons. The number of halogens is 3. The lowest BCUT2D eigenvalue weighted by molar-refractivity contribution is -0.141. The first-order valence-corrected chi connectivity index (χ1v) is 16.4. The number of nitrogens with zero attached hydrogens (tertiary/aromatic N) is 3. The van der Waals surface area contributed by atoms with Crippen molar-refractivity contribution < 1.29 is 23.8 Å². The number of methoxy groups -OCH3 is 1. The Morgan fingerprint density at radius 3 is 2.56 bits per heavy atom. The van der Waals surface area contributed by atoms with Crippen LogP contribution in [0.4, 0.5) is 15.9 Å². The summed E-state index contributed by atoms with van der Waals surface area (Å²) in [6.45, 7) is 2.41. The van der Waals surface area contributed by atoms with Crippen molar-refractivity contribution in [3.8, 4) is 28.3 Å². The zero-order valence-corrected chi connectivity index (χ0v) is 27.7. The minimum Gasteiger partial charge on any atom is -0.481 e. The van der Waals surface area contributed by atoms with Gasteiger partial charge in [-0.25, -0.2) is 14.4 Å². The first-order valence-electron chi connectivity index (χ1n) is 15.7. The number of aliphatic carboxylic acids is 1. The first kappa shape index (κ1) is 33.6. The lowest BCUT2D eigenvalue weighted by Crippen LogP contribution is -2.35. The Morgan fingerprint density at radius 1 is 1.06 bits per heavy atom. The third-order valence-electron chi connectivity index (χ3n) is 8.72. The molecular weight excluding hydrogens is 658 g/mol. The number of aromatic nitrogens is 2. The summed E-state index contributed by atoms with van der Waals surface area (Å²) in [4.78, 5) is 33.7. The summed E-state index contributed by atoms with van der Waals surface area (Å²) in [7, 11) is 1.57. The Balaban J connectivity index is 1.20. The Labute approximate surface area is 287 Å². The van der Waals surface area contributed by atoms with Crippen molar-refractivity contribution in [1.29, 1.82) is 0 Å². The minimum absolute atomic E-state index is 0.0132. The average Bonchev–Trinajstić information content (AvgIpc) is 3.73. The van der Waals surface area contributed by atoms with Crippen LogP contribution in [0.1, 0.15) is 30.4 Å². The fourth-order valence-electron chi connectivity index (χ4n) is 6.16. The summed E-state index contributed by atoms with van der Waals surface area (Å²) in [6, 6.07) is 16.5. The van der Waals surface area contributed by atoms with Gasteiger partial charge in [0, 0.05) is 72.7 Å². The predicted molar refractivity (Wildman–Crippen MR) is 183 cm³/mol. The molecule has 48 heavy (non-hydrogen) atoms. The van der Waals surface area contributed by atoms with Gasteiger partial charge in [0.2, 0.25) is 11.8 Å². The fraction of sp³-hybridized carbons (Fsp3) is 0.314. The molecule has 2 aliphatic rings. The number of ether oxygens (including phenoxy) is 1. The highest BCUT2D eigenvalue weighted by atomic mass is 35.5. The molecule has 4 aromatic rings. The number of amides is 1. The predicted octanol–water partition coefficient (Wildman–Crippen LogP) is 6.28. The molecule has 4 N–H and O–H groups in total. The second-order valence-corrected chi connectivity index (χ2v) is 12.7. The van der Waals surface area contributed by atoms with E-state index in [1.54, 1.807) is 25.3 Å². The molecule has 2 aromatic carbocycles. The number of anilines is 2. The maximum atomic E-state index is 15.6. The van der Waals surface area contributed by atoms with Gasteiger partial charge in [-0.3, -0.25) is 14.5 Å². The molecule has 2 fully saturated rings. The highest BCUT2D eigenvalue weighted by Gasteiger charge is 2.29. The molecule has 0 radical (unpaired) electrons. The van der Waals surface area contributed by atoms with Crippen LogP contribution >= 0.6 is 23.2 Å². The van der Waals surface area contributed by atoms with Gasteiger partial charge in [-0.1, -0.05) is 59.6 Å². The zero-order valence-electron chi connectivity index (χ0n) is 26.2. The molecule has 0 bridgehead atoms. The summed E-state index contributed by atoms with van der Waals surface area (Å²) in [6.07, 6.45) is 3.42. The third-order valence-corrected chi connectivity index (χ3v) is 9.54. The van der Waals surface area contributed by atoms with Gasteiger partial charge in [-0.2, -0.15) is 0 Å². The minimum atomic E-state index is -0.832. The number of carbonyl (C=O) groups excluding carboxylic acids is 1. The van der Waals surface area contributed by atoms with E-state index in [1.165, 1.54) is 6.20 Å². The van der Waals surface area contributed by atoms with Crippen LogP contribution in [-0.4, -0.2) is 64.6 Å². The molecule has 2 saturated heterocycles. The fourth-order valence-corrected chi connectivity index (χ4v) is 6.76. The second kappa shape index (κ2) is 14.9. The van der Waals surface area contributed by atoms with Crippen molar-refractivity contribution >= 4 is 46.6 Å². The van der Waals surface area contributed by atoms with Crippen LogP contribution in [0.15, 0.2) is 60.8 Å². The van der Waals surface area contributed by atoms with Crippen molar-refractivity contribution in [3.05, 3.63) is 87.8 Å². The number of carboxylic acids is 1. The van der Waals surface area contributed by atoms with Crippen LogP contribution in [0.2, 0.25) is 10.0 Å². The van der Waals surface area contributed by atoms with Crippen molar-refractivity contribution in [2.45, 2.75) is 38.4 Å². The molecule has 0 spiro atoms. The maximum absolute atomic E-state index is 15.6. The molecule has 10 nitrogen and oxygen atoms in total. The highest BCUT2D eigenvalue weighted by Crippen LogP contribution is 2.42. The van der Waals surface area contributed by atoms with E-state index in [9.17, 15) is 14.7 Å². The number of carboxylic acid groups (broad SMARTS) is 1. The molecule has 13 heteroatoms. The number of hydrogen-bond acceptors (Lipinski definition) is 8. The van der Waals surface area contributed by atoms with Gasteiger partial charge in [0.1, 0.15) is 0 Å². The van der Waals surface area contributed by atoms with E-state index in [-0.39, 0.29) is 24.3 Å². The quantitative estimate of drug-likeness (QED) is 0.136. The van der Waals surface area contributed by atoms with Gasteiger partial charge in [0.05, 0.1) is 34.5 Å². The Kier molecular flexibility index (Phi) is 10.4. The number of nitrogens with one attached hydrogen (secondary N) is 3. The van der Waals surface area contributed by atoms with E-state index < -0.39 is 17.7 Å². The van der Waals surface area contributed by atoms with Crippen LogP contribution in [-0.2, 0) is 22.7 Å². The van der Waals surface area contributed by atoms with Gasteiger partial charge >= 0.3 is 5.97 Å². The standard InChI is InChI=1S/C35H35Cl2FN6O4/c1-48-34-20(16-39-17-23-9-11-29(45)41-23)8-10-27(43-34)26-6-2-4-24(30(26)36)25-5-3-7-28(31(25)37)42-33-32(38)21(12-14-40-33)18-44-15-13-22(19-44)35(46)47/h2-8,10,12,14,22-23,39H,9,11,13,15-19H2,1H3,(H,40,42)(H,41,45)(H,46,47)/t22-,23+/m1/s1. The van der Waals surface area contributed by atoms with Crippen LogP contribution < -0.4 is 20.7 Å². The number of likely N-dealkylation sites (tertiary alicyclic amines) is 1. The first-order chi connectivity index (χ1) is 23.2. The molecule has 6 rings (SSSR count). The van der Waals surface area contributed by atoms with Crippen molar-refractivity contribution in [2.75, 3.05) is 32.1 Å². The number of rotatable bonds is 12. The van der Waals surface area contributed by atoms with Crippen molar-refractivity contribution in [1.82, 2.24) is 25.5 Å². The summed E-state index contributed by atoms with van der Waals surface area (Å²) < 4.78 is 21.2. The van der Waals surface area contributed by atoms with E-state index in [0.717, 1.165) is 12.0 Å². The van der Waals surface area contributed by atoms with Crippen LogP contribution in [0.3, 0.4) is 0 Å². The van der Waals surface area contributed by atoms with Crippen LogP contribution in [0, 0.1) is 11.7 Å². The Morgan fingerprint density at radius 2 is 1.83 bits per heavy atom. The number of pyridine rings is 2. The van der Waals surface area contributed by atoms with Gasteiger partial charge in [0.25, 0.3) is 0 Å². The molecule has 2 atom stereocenters. The van der Waals surface area contributed by atoms with E-state index in [2.05, 4.69) is 20.9 Å². The summed E-state index contributed by atoms with van der Waals surface area (Å²) in [5, 5.41) is 19.4. The highest BCUT2D eigenvalue weighted by molar-refractivity contribution is 6.39. The SMILES string of the molecule is COc1nc(-c2cccc(-c3cccc(Nc4nccc(CN5CC[C@@H](C(=O)O)C5)c4F)c3Cl)c2Cl)ccc1CNC[C@@H]1CCC(=O)N1. The smallest absolute Gasteiger partial charge is 0.307 e. The molecule has 4 heterocycles. The number of carbonyl (C=O) groups is 2. The Bertz CT molecular complexity index is 1840. The topological polar surface area (TPSA) is 129 Å². The molecule has 2 aliphatic heterocycles. The summed E-state index contributed by atoms with van der Waals surface area (Å²) >= 11 is 13.9. The second-order valence-electron chi connectivity index (χ2n) is 11.9. The maximum Gasteiger partial charge on any atom is 0.307 e. The van der Waals surface area contributed by atoms with Gasteiger partial charge in [-0.05, 0) is 37.6 Å². The summed E-state index contributed by atoms with van der Waals surface area (Å²) in [5.41, 5.74) is 4.32. The third kappa shape index (κ3) is 7.39.